The lowest BCUT2D eigenvalue weighted by Crippen LogP contribution is -2.28. The number of carbonyl (C=O) groups is 1. The van der Waals surface area contributed by atoms with Gasteiger partial charge in [-0.05, 0) is 24.5 Å². The molecule has 0 spiro atoms. The maximum Gasteiger partial charge on any atom is 0.338 e. The molecular formula is C12H13BrFNO4S. The summed E-state index contributed by atoms with van der Waals surface area (Å²) >= 11 is 2.99. The van der Waals surface area contributed by atoms with Crippen molar-refractivity contribution in [2.75, 3.05) is 0 Å². The Hall–Kier alpha value is -0.990. The molecule has 1 fully saturated rings. The minimum atomic E-state index is -4.07. The van der Waals surface area contributed by atoms with Gasteiger partial charge in [0.15, 0.2) is 5.82 Å². The minimum Gasteiger partial charge on any atom is -0.478 e. The van der Waals surface area contributed by atoms with E-state index in [0.29, 0.717) is 0 Å². The highest BCUT2D eigenvalue weighted by Crippen LogP contribution is 2.35. The molecule has 0 aromatic heterocycles. The first-order chi connectivity index (χ1) is 9.26. The molecule has 1 aromatic carbocycles. The number of hydrogen-bond donors (Lipinski definition) is 2. The summed E-state index contributed by atoms with van der Waals surface area (Å²) in [6, 6.07) is 1.90. The molecule has 2 unspecified atom stereocenters. The molecule has 20 heavy (non-hydrogen) atoms. The molecule has 2 N–H and O–H groups in total. The average molecular weight is 366 g/mol. The van der Waals surface area contributed by atoms with Gasteiger partial charge in [0.25, 0.3) is 0 Å². The Labute approximate surface area is 124 Å². The summed E-state index contributed by atoms with van der Waals surface area (Å²) in [6.45, 7) is 1.95. The van der Waals surface area contributed by atoms with Crippen molar-refractivity contribution in [2.45, 2.75) is 30.7 Å². The van der Waals surface area contributed by atoms with Gasteiger partial charge in [-0.2, -0.15) is 0 Å². The van der Waals surface area contributed by atoms with Crippen LogP contribution in [0, 0.1) is 11.7 Å². The number of benzene rings is 1. The van der Waals surface area contributed by atoms with Crippen molar-refractivity contribution in [2.24, 2.45) is 5.92 Å². The third-order valence-corrected chi connectivity index (χ3v) is 5.22. The predicted molar refractivity (Wildman–Crippen MR) is 73.6 cm³/mol. The number of sulfonamides is 1. The highest BCUT2D eigenvalue weighted by Gasteiger charge is 2.39. The Kier molecular flexibility index (Phi) is 4.17. The van der Waals surface area contributed by atoms with Crippen molar-refractivity contribution in [1.82, 2.24) is 4.72 Å². The van der Waals surface area contributed by atoms with Gasteiger partial charge < -0.3 is 5.11 Å². The molecule has 1 aliphatic carbocycles. The van der Waals surface area contributed by atoms with Crippen LogP contribution < -0.4 is 4.72 Å². The van der Waals surface area contributed by atoms with Gasteiger partial charge in [0, 0.05) is 10.5 Å². The van der Waals surface area contributed by atoms with Crippen molar-refractivity contribution in [3.63, 3.8) is 0 Å². The predicted octanol–water partition coefficient (Wildman–Crippen LogP) is 2.36. The van der Waals surface area contributed by atoms with Gasteiger partial charge in [-0.3, -0.25) is 0 Å². The van der Waals surface area contributed by atoms with E-state index in [0.717, 1.165) is 25.0 Å². The molecule has 1 aliphatic rings. The molecule has 0 aliphatic heterocycles. The van der Waals surface area contributed by atoms with E-state index >= 15 is 0 Å². The third-order valence-electron chi connectivity index (χ3n) is 3.28. The van der Waals surface area contributed by atoms with Gasteiger partial charge in [0.05, 0.1) is 5.56 Å². The van der Waals surface area contributed by atoms with Gasteiger partial charge in [-0.1, -0.05) is 29.3 Å². The Morgan fingerprint density at radius 2 is 2.20 bits per heavy atom. The lowest BCUT2D eigenvalue weighted by molar-refractivity contribution is 0.0691. The monoisotopic (exact) mass is 365 g/mol. The van der Waals surface area contributed by atoms with Crippen LogP contribution in [0.1, 0.15) is 30.1 Å². The molecule has 0 heterocycles. The second kappa shape index (κ2) is 5.42. The van der Waals surface area contributed by atoms with Gasteiger partial charge in [-0.15, -0.1) is 0 Å². The first kappa shape index (κ1) is 15.4. The summed E-state index contributed by atoms with van der Waals surface area (Å²) in [4.78, 5) is 10.3. The SMILES string of the molecule is CCC1CC1NS(=O)(=O)c1cc(Br)cc(C(=O)O)c1F. The second-order valence-corrected chi connectivity index (χ2v) is 7.30. The van der Waals surface area contributed by atoms with E-state index in [1.807, 2.05) is 6.92 Å². The zero-order chi connectivity index (χ0) is 15.1. The van der Waals surface area contributed by atoms with Gasteiger partial charge in [-0.25, -0.2) is 22.3 Å². The Balaban J connectivity index is 2.39. The van der Waals surface area contributed by atoms with Crippen LogP contribution in [-0.4, -0.2) is 25.5 Å². The summed E-state index contributed by atoms with van der Waals surface area (Å²) in [5, 5.41) is 8.88. The molecule has 0 radical (unpaired) electrons. The quantitative estimate of drug-likeness (QED) is 0.838. The van der Waals surface area contributed by atoms with Crippen LogP contribution in [0.4, 0.5) is 4.39 Å². The Bertz CT molecular complexity index is 662. The highest BCUT2D eigenvalue weighted by molar-refractivity contribution is 9.10. The number of hydrogen-bond acceptors (Lipinski definition) is 3. The normalized spacial score (nSPS) is 21.8. The van der Waals surface area contributed by atoms with Crippen LogP contribution in [-0.2, 0) is 10.0 Å². The summed E-state index contributed by atoms with van der Waals surface area (Å²) in [5.41, 5.74) is -0.678. The van der Waals surface area contributed by atoms with Crippen molar-refractivity contribution in [3.8, 4) is 0 Å². The smallest absolute Gasteiger partial charge is 0.338 e. The van der Waals surface area contributed by atoms with E-state index in [1.54, 1.807) is 0 Å². The zero-order valence-corrected chi connectivity index (χ0v) is 13.0. The molecule has 2 rings (SSSR count). The first-order valence-corrected chi connectivity index (χ1v) is 8.28. The van der Waals surface area contributed by atoms with E-state index < -0.39 is 32.3 Å². The molecular weight excluding hydrogens is 353 g/mol. The first-order valence-electron chi connectivity index (χ1n) is 6.01. The fraction of sp³-hybridized carbons (Fsp3) is 0.417. The average Bonchev–Trinajstić information content (AvgIpc) is 3.08. The number of aromatic carboxylic acids is 1. The maximum atomic E-state index is 14.0. The van der Waals surface area contributed by atoms with E-state index in [4.69, 9.17) is 5.11 Å². The largest absolute Gasteiger partial charge is 0.478 e. The van der Waals surface area contributed by atoms with E-state index in [9.17, 15) is 17.6 Å². The molecule has 8 heteroatoms. The summed E-state index contributed by atoms with van der Waals surface area (Å²) in [6.07, 6.45) is 1.56. The summed E-state index contributed by atoms with van der Waals surface area (Å²) < 4.78 is 40.9. The third kappa shape index (κ3) is 3.02. The van der Waals surface area contributed by atoms with Crippen molar-refractivity contribution in [3.05, 3.63) is 28.0 Å². The number of nitrogens with one attached hydrogen (secondary N) is 1. The Morgan fingerprint density at radius 3 is 2.70 bits per heavy atom. The summed E-state index contributed by atoms with van der Waals surface area (Å²) in [5.74, 6) is -2.50. The maximum absolute atomic E-state index is 14.0. The van der Waals surface area contributed by atoms with Gasteiger partial charge in [0.2, 0.25) is 10.0 Å². The second-order valence-electron chi connectivity index (χ2n) is 4.70. The van der Waals surface area contributed by atoms with Crippen LogP contribution >= 0.6 is 15.9 Å². The van der Waals surface area contributed by atoms with E-state index in [1.165, 1.54) is 0 Å². The number of carboxylic acid groups (broad SMARTS) is 1. The molecule has 1 saturated carbocycles. The fourth-order valence-electron chi connectivity index (χ4n) is 2.02. The molecule has 0 saturated heterocycles. The van der Waals surface area contributed by atoms with Crippen LogP contribution in [0.25, 0.3) is 0 Å². The van der Waals surface area contributed by atoms with Crippen molar-refractivity contribution in [1.29, 1.82) is 0 Å². The zero-order valence-electron chi connectivity index (χ0n) is 10.6. The highest BCUT2D eigenvalue weighted by atomic mass is 79.9. The van der Waals surface area contributed by atoms with Crippen molar-refractivity contribution >= 4 is 31.9 Å². The number of halogens is 2. The molecule has 5 nitrogen and oxygen atoms in total. The topological polar surface area (TPSA) is 83.5 Å². The van der Waals surface area contributed by atoms with Crippen LogP contribution in [0.5, 0.6) is 0 Å². The fourth-order valence-corrected chi connectivity index (χ4v) is 4.07. The van der Waals surface area contributed by atoms with Crippen LogP contribution in [0.2, 0.25) is 0 Å². The van der Waals surface area contributed by atoms with Crippen LogP contribution in [0.3, 0.4) is 0 Å². The Morgan fingerprint density at radius 1 is 1.55 bits per heavy atom. The number of rotatable bonds is 5. The lowest BCUT2D eigenvalue weighted by atomic mass is 10.2. The van der Waals surface area contributed by atoms with Gasteiger partial charge in [0.1, 0.15) is 4.90 Å². The molecule has 0 bridgehead atoms. The molecule has 0 amide bonds. The minimum absolute atomic E-state index is 0.194. The molecule has 2 atom stereocenters. The number of carboxylic acids is 1. The van der Waals surface area contributed by atoms with Crippen LogP contribution in [0.15, 0.2) is 21.5 Å². The van der Waals surface area contributed by atoms with E-state index in [2.05, 4.69) is 20.7 Å². The van der Waals surface area contributed by atoms with Crippen molar-refractivity contribution < 1.29 is 22.7 Å². The summed E-state index contributed by atoms with van der Waals surface area (Å²) in [7, 11) is -4.07. The lowest BCUT2D eigenvalue weighted by Gasteiger charge is -2.09. The van der Waals surface area contributed by atoms with Gasteiger partial charge >= 0.3 is 5.97 Å². The molecule has 110 valence electrons. The van der Waals surface area contributed by atoms with E-state index in [-0.39, 0.29) is 16.4 Å². The standard InChI is InChI=1S/C12H13BrFNO4S/c1-2-6-3-9(6)15-20(18,19)10-5-7(13)4-8(11(10)14)12(16)17/h4-6,9,15H,2-3H2,1H3,(H,16,17). The molecule has 1 aromatic rings.